The third-order valence-corrected chi connectivity index (χ3v) is 5.21. The van der Waals surface area contributed by atoms with Crippen LogP contribution in [0.25, 0.3) is 0 Å². The summed E-state index contributed by atoms with van der Waals surface area (Å²) in [7, 11) is 3.15. The van der Waals surface area contributed by atoms with E-state index in [1.165, 1.54) is 6.07 Å². The molecule has 0 radical (unpaired) electrons. The fourth-order valence-electron chi connectivity index (χ4n) is 3.51. The quantitative estimate of drug-likeness (QED) is 0.706. The molecule has 1 fully saturated rings. The number of carbonyl (C=O) groups excluding carboxylic acids is 1. The zero-order valence-corrected chi connectivity index (χ0v) is 17.0. The Morgan fingerprint density at radius 3 is 2.17 bits per heavy atom. The normalized spacial score (nSPS) is 14.6. The van der Waals surface area contributed by atoms with Gasteiger partial charge in [-0.25, -0.2) is 0 Å². The molecule has 1 aliphatic rings. The molecule has 1 saturated heterocycles. The number of alkyl halides is 3. The molecule has 8 heteroatoms. The van der Waals surface area contributed by atoms with Crippen molar-refractivity contribution in [1.82, 2.24) is 4.90 Å². The van der Waals surface area contributed by atoms with Gasteiger partial charge in [-0.2, -0.15) is 13.2 Å². The minimum absolute atomic E-state index is 0.0282. The number of anilines is 1. The Kier molecular flexibility index (Phi) is 6.74. The van der Waals surface area contributed by atoms with E-state index in [2.05, 4.69) is 0 Å². The average molecular weight is 422 g/mol. The molecule has 2 aromatic rings. The third kappa shape index (κ3) is 5.37. The Balaban J connectivity index is 1.55. The average Bonchev–Trinajstić information content (AvgIpc) is 2.76. The van der Waals surface area contributed by atoms with Crippen LogP contribution in [0.3, 0.4) is 0 Å². The van der Waals surface area contributed by atoms with Crippen LogP contribution in [0.2, 0.25) is 0 Å². The van der Waals surface area contributed by atoms with Gasteiger partial charge in [0.25, 0.3) is 0 Å². The highest BCUT2D eigenvalue weighted by Gasteiger charge is 2.31. The van der Waals surface area contributed by atoms with Gasteiger partial charge in [-0.1, -0.05) is 6.07 Å². The maximum absolute atomic E-state index is 12.9. The summed E-state index contributed by atoms with van der Waals surface area (Å²) in [5, 5.41) is 0. The largest absolute Gasteiger partial charge is 0.497 e. The molecule has 0 saturated carbocycles. The van der Waals surface area contributed by atoms with E-state index >= 15 is 0 Å². The predicted octanol–water partition coefficient (Wildman–Crippen LogP) is 4.00. The summed E-state index contributed by atoms with van der Waals surface area (Å²) < 4.78 is 49.3. The number of benzene rings is 2. The summed E-state index contributed by atoms with van der Waals surface area (Å²) in [6.45, 7) is 1.97. The van der Waals surface area contributed by atoms with Crippen molar-refractivity contribution < 1.29 is 27.4 Å². The highest BCUT2D eigenvalue weighted by Crippen LogP contribution is 2.32. The first kappa shape index (κ1) is 21.8. The van der Waals surface area contributed by atoms with Crippen molar-refractivity contribution >= 4 is 11.6 Å². The first-order valence-electron chi connectivity index (χ1n) is 9.72. The van der Waals surface area contributed by atoms with E-state index in [1.54, 1.807) is 31.3 Å². The monoisotopic (exact) mass is 422 g/mol. The first-order chi connectivity index (χ1) is 14.3. The lowest BCUT2D eigenvalue weighted by molar-refractivity contribution is -0.137. The minimum atomic E-state index is -4.36. The number of hydrogen-bond donors (Lipinski definition) is 0. The van der Waals surface area contributed by atoms with Crippen molar-refractivity contribution in [2.75, 3.05) is 45.3 Å². The van der Waals surface area contributed by atoms with Gasteiger partial charge in [-0.15, -0.1) is 0 Å². The Morgan fingerprint density at radius 1 is 0.967 bits per heavy atom. The molecule has 0 bridgehead atoms. The highest BCUT2D eigenvalue weighted by molar-refractivity contribution is 5.77. The van der Waals surface area contributed by atoms with Gasteiger partial charge in [0.05, 0.1) is 19.8 Å². The highest BCUT2D eigenvalue weighted by atomic mass is 19.4. The van der Waals surface area contributed by atoms with Crippen molar-refractivity contribution in [1.29, 1.82) is 0 Å². The minimum Gasteiger partial charge on any atom is -0.497 e. The van der Waals surface area contributed by atoms with Crippen LogP contribution >= 0.6 is 0 Å². The smallest absolute Gasteiger partial charge is 0.416 e. The molecule has 1 aliphatic heterocycles. The molecule has 3 rings (SSSR count). The van der Waals surface area contributed by atoms with Crippen molar-refractivity contribution in [3.05, 3.63) is 53.6 Å². The standard InChI is InChI=1S/C22H25F3N2O3/c1-29-19-12-16(13-20(15-19)30-2)6-7-21(28)27-10-8-26(9-11-27)18-5-3-4-17(14-18)22(23,24)25/h3-5,12-15H,6-11H2,1-2H3. The van der Waals surface area contributed by atoms with Crippen LogP contribution in [0.15, 0.2) is 42.5 Å². The molecule has 0 atom stereocenters. The van der Waals surface area contributed by atoms with Crippen LogP contribution in [0.4, 0.5) is 18.9 Å². The van der Waals surface area contributed by atoms with Crippen LogP contribution in [-0.4, -0.2) is 51.2 Å². The molecule has 0 N–H and O–H groups in total. The summed E-state index contributed by atoms with van der Waals surface area (Å²) in [6.07, 6.45) is -3.46. The number of carbonyl (C=O) groups is 1. The van der Waals surface area contributed by atoms with Gasteiger partial charge < -0.3 is 19.3 Å². The first-order valence-corrected chi connectivity index (χ1v) is 9.72. The van der Waals surface area contributed by atoms with Crippen LogP contribution in [-0.2, 0) is 17.4 Å². The number of aryl methyl sites for hydroxylation is 1. The molecule has 5 nitrogen and oxygen atoms in total. The fourth-order valence-corrected chi connectivity index (χ4v) is 3.51. The van der Waals surface area contributed by atoms with Crippen molar-refractivity contribution in [3.8, 4) is 11.5 Å². The molecule has 0 aliphatic carbocycles. The van der Waals surface area contributed by atoms with E-state index in [0.717, 1.165) is 17.7 Å². The number of amides is 1. The molecule has 162 valence electrons. The summed E-state index contributed by atoms with van der Waals surface area (Å²) in [6, 6.07) is 10.8. The van der Waals surface area contributed by atoms with Crippen molar-refractivity contribution in [2.24, 2.45) is 0 Å². The molecule has 1 heterocycles. The van der Waals surface area contributed by atoms with Crippen molar-refractivity contribution in [3.63, 3.8) is 0 Å². The number of hydrogen-bond acceptors (Lipinski definition) is 4. The van der Waals surface area contributed by atoms with Crippen LogP contribution < -0.4 is 14.4 Å². The molecular formula is C22H25F3N2O3. The number of rotatable bonds is 6. The van der Waals surface area contributed by atoms with Crippen LogP contribution in [0, 0.1) is 0 Å². The van der Waals surface area contributed by atoms with E-state index in [9.17, 15) is 18.0 Å². The van der Waals surface area contributed by atoms with E-state index in [4.69, 9.17) is 9.47 Å². The molecule has 1 amide bonds. The van der Waals surface area contributed by atoms with Gasteiger partial charge in [0.2, 0.25) is 5.91 Å². The van der Waals surface area contributed by atoms with Gasteiger partial charge >= 0.3 is 6.18 Å². The Morgan fingerprint density at radius 2 is 1.60 bits per heavy atom. The van der Waals surface area contributed by atoms with Crippen molar-refractivity contribution in [2.45, 2.75) is 19.0 Å². The molecule has 30 heavy (non-hydrogen) atoms. The van der Waals surface area contributed by atoms with E-state index in [0.29, 0.717) is 56.2 Å². The predicted molar refractivity (Wildman–Crippen MR) is 108 cm³/mol. The number of ether oxygens (including phenoxy) is 2. The maximum atomic E-state index is 12.9. The zero-order valence-electron chi connectivity index (χ0n) is 17.0. The SMILES string of the molecule is COc1cc(CCC(=O)N2CCN(c3cccc(C(F)(F)F)c3)CC2)cc(OC)c1. The second-order valence-corrected chi connectivity index (χ2v) is 7.14. The summed E-state index contributed by atoms with van der Waals surface area (Å²) in [5.41, 5.74) is 0.815. The summed E-state index contributed by atoms with van der Waals surface area (Å²) in [5.74, 6) is 1.37. The second-order valence-electron chi connectivity index (χ2n) is 7.14. The topological polar surface area (TPSA) is 42.0 Å². The lowest BCUT2D eigenvalue weighted by atomic mass is 10.1. The molecule has 0 aromatic heterocycles. The number of halogens is 3. The number of piperazine rings is 1. The van der Waals surface area contributed by atoms with E-state index in [1.807, 2.05) is 17.0 Å². The lowest BCUT2D eigenvalue weighted by Crippen LogP contribution is -2.48. The summed E-state index contributed by atoms with van der Waals surface area (Å²) >= 11 is 0. The Hall–Kier alpha value is -2.90. The second kappa shape index (κ2) is 9.28. The van der Waals surface area contributed by atoms with E-state index in [-0.39, 0.29) is 5.91 Å². The number of methoxy groups -OCH3 is 2. The third-order valence-electron chi connectivity index (χ3n) is 5.21. The Labute approximate surface area is 174 Å². The van der Waals surface area contributed by atoms with Gasteiger partial charge in [0.15, 0.2) is 0 Å². The van der Waals surface area contributed by atoms with Crippen LogP contribution in [0.1, 0.15) is 17.5 Å². The van der Waals surface area contributed by atoms with Gasteiger partial charge in [-0.3, -0.25) is 4.79 Å². The molecule has 0 spiro atoms. The summed E-state index contributed by atoms with van der Waals surface area (Å²) in [4.78, 5) is 16.3. The maximum Gasteiger partial charge on any atom is 0.416 e. The van der Waals surface area contributed by atoms with Gasteiger partial charge in [0, 0.05) is 44.4 Å². The number of nitrogens with zero attached hydrogens (tertiary/aromatic N) is 2. The fraction of sp³-hybridized carbons (Fsp3) is 0.409. The molecular weight excluding hydrogens is 397 g/mol. The Bertz CT molecular complexity index is 856. The molecule has 2 aromatic carbocycles. The molecule has 0 unspecified atom stereocenters. The van der Waals surface area contributed by atoms with E-state index < -0.39 is 11.7 Å². The van der Waals surface area contributed by atoms with Crippen LogP contribution in [0.5, 0.6) is 11.5 Å². The lowest BCUT2D eigenvalue weighted by Gasteiger charge is -2.36. The zero-order chi connectivity index (χ0) is 21.7. The van der Waals surface area contributed by atoms with Gasteiger partial charge in [0.1, 0.15) is 11.5 Å². The van der Waals surface area contributed by atoms with Gasteiger partial charge in [-0.05, 0) is 42.3 Å².